The van der Waals surface area contributed by atoms with Crippen molar-refractivity contribution in [1.82, 2.24) is 25.5 Å². The molecule has 3 rings (SSSR count). The Morgan fingerprint density at radius 3 is 2.59 bits per heavy atom. The number of aromatic nitrogens is 4. The topological polar surface area (TPSA) is 83.6 Å². The molecular weight excluding hydrogens is 358 g/mol. The first kappa shape index (κ1) is 19.1. The number of rotatable bonds is 8. The molecule has 0 saturated carbocycles. The number of pyridine rings is 1. The Morgan fingerprint density at radius 2 is 1.89 bits per heavy atom. The average Bonchev–Trinajstić information content (AvgIpc) is 3.16. The number of hydrogen-bond donors (Lipinski definition) is 2. The van der Waals surface area contributed by atoms with Crippen LogP contribution in [-0.2, 0) is 4.79 Å². The number of aromatic amines is 1. The van der Waals surface area contributed by atoms with Crippen molar-refractivity contribution in [3.8, 4) is 11.4 Å². The number of carbonyl (C=O) groups excluding carboxylic acids is 1. The van der Waals surface area contributed by atoms with Crippen LogP contribution in [0.1, 0.15) is 31.9 Å². The van der Waals surface area contributed by atoms with E-state index < -0.39 is 0 Å². The first-order chi connectivity index (χ1) is 13.1. The molecule has 0 aliphatic heterocycles. The van der Waals surface area contributed by atoms with Gasteiger partial charge in [0.25, 0.3) is 0 Å². The lowest BCUT2D eigenvalue weighted by atomic mass is 9.97. The normalized spacial score (nSPS) is 12.1. The molecule has 0 unspecified atom stereocenters. The summed E-state index contributed by atoms with van der Waals surface area (Å²) in [6, 6.07) is 13.8. The number of nitrogens with zero attached hydrogens (tertiary/aromatic N) is 3. The van der Waals surface area contributed by atoms with E-state index in [9.17, 15) is 4.79 Å². The first-order valence-electron chi connectivity index (χ1n) is 8.91. The highest BCUT2D eigenvalue weighted by Crippen LogP contribution is 2.22. The minimum Gasteiger partial charge on any atom is -0.349 e. The van der Waals surface area contributed by atoms with Crippen LogP contribution >= 0.6 is 11.8 Å². The van der Waals surface area contributed by atoms with Gasteiger partial charge in [0.1, 0.15) is 0 Å². The van der Waals surface area contributed by atoms with E-state index in [1.54, 1.807) is 12.4 Å². The Kier molecular flexibility index (Phi) is 6.59. The highest BCUT2D eigenvalue weighted by atomic mass is 32.2. The van der Waals surface area contributed by atoms with Gasteiger partial charge in [-0.25, -0.2) is 4.98 Å². The van der Waals surface area contributed by atoms with Crippen LogP contribution < -0.4 is 5.32 Å². The van der Waals surface area contributed by atoms with Crippen LogP contribution in [0.2, 0.25) is 0 Å². The number of benzene rings is 1. The fourth-order valence-corrected chi connectivity index (χ4v) is 3.36. The van der Waals surface area contributed by atoms with E-state index in [0.29, 0.717) is 16.9 Å². The van der Waals surface area contributed by atoms with Crippen LogP contribution in [0.4, 0.5) is 0 Å². The zero-order valence-corrected chi connectivity index (χ0v) is 16.2. The highest BCUT2D eigenvalue weighted by molar-refractivity contribution is 7.99. The first-order valence-corrected chi connectivity index (χ1v) is 9.90. The minimum absolute atomic E-state index is 0.0128. The molecule has 1 aromatic carbocycles. The van der Waals surface area contributed by atoms with Gasteiger partial charge in [0.15, 0.2) is 5.82 Å². The molecule has 140 valence electrons. The van der Waals surface area contributed by atoms with Crippen molar-refractivity contribution in [1.29, 1.82) is 0 Å². The molecule has 2 aromatic heterocycles. The Bertz CT molecular complexity index is 851. The van der Waals surface area contributed by atoms with Gasteiger partial charge in [0.2, 0.25) is 11.1 Å². The highest BCUT2D eigenvalue weighted by Gasteiger charge is 2.17. The molecule has 0 spiro atoms. The van der Waals surface area contributed by atoms with Gasteiger partial charge >= 0.3 is 0 Å². The van der Waals surface area contributed by atoms with E-state index in [1.165, 1.54) is 11.8 Å². The number of hydrogen-bond acceptors (Lipinski definition) is 5. The predicted octanol–water partition coefficient (Wildman–Crippen LogP) is 3.86. The molecule has 6 nitrogen and oxygen atoms in total. The summed E-state index contributed by atoms with van der Waals surface area (Å²) in [4.78, 5) is 20.9. The third kappa shape index (κ3) is 5.65. The third-order valence-electron chi connectivity index (χ3n) is 4.00. The van der Waals surface area contributed by atoms with Gasteiger partial charge in [-0.2, -0.15) is 0 Å². The van der Waals surface area contributed by atoms with Crippen molar-refractivity contribution in [2.24, 2.45) is 5.92 Å². The molecular formula is C20H23N5OS. The largest absolute Gasteiger partial charge is 0.349 e. The van der Waals surface area contributed by atoms with Crippen molar-refractivity contribution in [2.75, 3.05) is 5.75 Å². The van der Waals surface area contributed by atoms with Crippen LogP contribution in [0.15, 0.2) is 60.0 Å². The molecule has 2 heterocycles. The summed E-state index contributed by atoms with van der Waals surface area (Å²) in [6.07, 6.45) is 4.31. The maximum absolute atomic E-state index is 12.5. The molecule has 7 heteroatoms. The molecule has 0 aliphatic rings. The molecule has 0 radical (unpaired) electrons. The zero-order valence-electron chi connectivity index (χ0n) is 15.4. The van der Waals surface area contributed by atoms with E-state index in [4.69, 9.17) is 0 Å². The van der Waals surface area contributed by atoms with Gasteiger partial charge < -0.3 is 5.32 Å². The van der Waals surface area contributed by atoms with Crippen molar-refractivity contribution >= 4 is 17.7 Å². The Labute approximate surface area is 163 Å². The second-order valence-corrected chi connectivity index (χ2v) is 7.59. The van der Waals surface area contributed by atoms with Gasteiger partial charge in [-0.15, -0.1) is 5.10 Å². The van der Waals surface area contributed by atoms with Crippen LogP contribution in [0, 0.1) is 5.92 Å². The van der Waals surface area contributed by atoms with Crippen molar-refractivity contribution in [3.05, 3.63) is 60.4 Å². The molecule has 3 aromatic rings. The molecule has 0 saturated heterocycles. The quantitative estimate of drug-likeness (QED) is 0.579. The van der Waals surface area contributed by atoms with Crippen molar-refractivity contribution < 1.29 is 4.79 Å². The summed E-state index contributed by atoms with van der Waals surface area (Å²) < 4.78 is 0. The molecule has 2 N–H and O–H groups in total. The Morgan fingerprint density at radius 1 is 1.15 bits per heavy atom. The SMILES string of the molecule is CC(C)C[C@H](NC(=O)CSc1n[nH]c(-c2ccncc2)n1)c1ccccc1. The number of carbonyl (C=O) groups is 1. The van der Waals surface area contributed by atoms with Gasteiger partial charge in [0.05, 0.1) is 11.8 Å². The number of amides is 1. The lowest BCUT2D eigenvalue weighted by Crippen LogP contribution is -2.30. The van der Waals surface area contributed by atoms with E-state index in [-0.39, 0.29) is 17.7 Å². The van der Waals surface area contributed by atoms with Crippen molar-refractivity contribution in [2.45, 2.75) is 31.5 Å². The molecule has 0 fully saturated rings. The summed E-state index contributed by atoms with van der Waals surface area (Å²) in [6.45, 7) is 4.32. The second kappa shape index (κ2) is 9.32. The van der Waals surface area contributed by atoms with Crippen molar-refractivity contribution in [3.63, 3.8) is 0 Å². The van der Waals surface area contributed by atoms with Gasteiger partial charge in [-0.05, 0) is 30.0 Å². The molecule has 1 amide bonds. The summed E-state index contributed by atoms with van der Waals surface area (Å²) in [5, 5.41) is 10.8. The Balaban J connectivity index is 1.57. The number of nitrogens with one attached hydrogen (secondary N) is 2. The molecule has 0 aliphatic carbocycles. The number of H-pyrrole nitrogens is 1. The molecule has 27 heavy (non-hydrogen) atoms. The van der Waals surface area contributed by atoms with Crippen LogP contribution in [0.5, 0.6) is 0 Å². The average molecular weight is 382 g/mol. The summed E-state index contributed by atoms with van der Waals surface area (Å²) in [5.74, 6) is 1.40. The van der Waals surface area contributed by atoms with Gasteiger partial charge in [-0.3, -0.25) is 14.9 Å². The maximum Gasteiger partial charge on any atom is 0.230 e. The fraction of sp³-hybridized carbons (Fsp3) is 0.300. The summed E-state index contributed by atoms with van der Waals surface area (Å²) in [5.41, 5.74) is 2.04. The lowest BCUT2D eigenvalue weighted by Gasteiger charge is -2.21. The van der Waals surface area contributed by atoms with Gasteiger partial charge in [-0.1, -0.05) is 55.9 Å². The van der Waals surface area contributed by atoms with E-state index >= 15 is 0 Å². The maximum atomic E-state index is 12.5. The van der Waals surface area contributed by atoms with Gasteiger partial charge in [0, 0.05) is 18.0 Å². The zero-order chi connectivity index (χ0) is 19.1. The standard InChI is InChI=1S/C20H23N5OS/c1-14(2)12-17(15-6-4-3-5-7-15)22-18(26)13-27-20-23-19(24-25-20)16-8-10-21-11-9-16/h3-11,14,17H,12-13H2,1-2H3,(H,22,26)(H,23,24,25)/t17-/m0/s1. The van der Waals surface area contributed by atoms with Crippen LogP contribution in [0.25, 0.3) is 11.4 Å². The van der Waals surface area contributed by atoms with E-state index in [0.717, 1.165) is 17.5 Å². The summed E-state index contributed by atoms with van der Waals surface area (Å²) in [7, 11) is 0. The molecule has 1 atom stereocenters. The van der Waals surface area contributed by atoms with E-state index in [2.05, 4.69) is 51.5 Å². The fourth-order valence-electron chi connectivity index (χ4n) is 2.75. The van der Waals surface area contributed by atoms with E-state index in [1.807, 2.05) is 30.3 Å². The number of thioether (sulfide) groups is 1. The second-order valence-electron chi connectivity index (χ2n) is 6.65. The smallest absolute Gasteiger partial charge is 0.230 e. The lowest BCUT2D eigenvalue weighted by molar-refractivity contribution is -0.119. The third-order valence-corrected chi connectivity index (χ3v) is 4.84. The molecule has 0 bridgehead atoms. The summed E-state index contributed by atoms with van der Waals surface area (Å²) >= 11 is 1.32. The van der Waals surface area contributed by atoms with Crippen LogP contribution in [0.3, 0.4) is 0 Å². The minimum atomic E-state index is -0.0234. The predicted molar refractivity (Wildman–Crippen MR) is 107 cm³/mol. The Hall–Kier alpha value is -2.67. The van der Waals surface area contributed by atoms with Crippen LogP contribution in [-0.4, -0.2) is 31.8 Å². The monoisotopic (exact) mass is 381 g/mol.